The molecule has 2 N–H and O–H groups in total. The van der Waals surface area contributed by atoms with E-state index in [-0.39, 0.29) is 55.6 Å². The molecule has 8 atom stereocenters. The van der Waals surface area contributed by atoms with E-state index in [1.165, 1.54) is 25.7 Å². The second kappa shape index (κ2) is 17.8. The number of anilines is 1. The Morgan fingerprint density at radius 1 is 0.984 bits per heavy atom. The quantitative estimate of drug-likeness (QED) is 0.123. The van der Waals surface area contributed by atoms with Gasteiger partial charge in [-0.1, -0.05) is 40.5 Å². The highest BCUT2D eigenvalue weighted by Crippen LogP contribution is 2.58. The third-order valence-electron chi connectivity index (χ3n) is 14.2. The summed E-state index contributed by atoms with van der Waals surface area (Å²) in [7, 11) is 0. The van der Waals surface area contributed by atoms with E-state index in [4.69, 9.17) is 24.3 Å². The van der Waals surface area contributed by atoms with Gasteiger partial charge in [-0.25, -0.2) is 9.67 Å². The average Bonchev–Trinajstić information content (AvgIpc) is 3.89. The van der Waals surface area contributed by atoms with Gasteiger partial charge in [-0.2, -0.15) is 0 Å². The molecule has 4 heterocycles. The number of piperidine rings is 1. The summed E-state index contributed by atoms with van der Waals surface area (Å²) >= 11 is 0. The lowest BCUT2D eigenvalue weighted by Crippen LogP contribution is -2.48. The minimum atomic E-state index is -1.13. The number of hydrogen-bond acceptors (Lipinski definition) is 11. The topological polar surface area (TPSA) is 165 Å². The molecule has 336 valence electrons. The van der Waals surface area contributed by atoms with E-state index in [1.54, 1.807) is 9.58 Å². The number of carboxylic acid groups (broad SMARTS) is 1. The Morgan fingerprint density at radius 2 is 1.74 bits per heavy atom. The number of benzene rings is 1. The molecule has 2 aliphatic heterocycles. The summed E-state index contributed by atoms with van der Waals surface area (Å²) in [5.74, 6) is 0.830. The van der Waals surface area contributed by atoms with Gasteiger partial charge in [0.2, 0.25) is 5.91 Å². The number of carbonyl (C=O) groups is 4. The Balaban J connectivity index is 1.07. The highest BCUT2D eigenvalue weighted by molar-refractivity contribution is 5.95. The highest BCUT2D eigenvalue weighted by Gasteiger charge is 2.61. The van der Waals surface area contributed by atoms with Crippen LogP contribution in [0.15, 0.2) is 36.5 Å². The molecular formula is C48H66N6O8. The number of ether oxygens (including phenoxy) is 3. The molecule has 1 amide bonds. The van der Waals surface area contributed by atoms with E-state index in [0.29, 0.717) is 59.9 Å². The Morgan fingerprint density at radius 3 is 2.42 bits per heavy atom. The third kappa shape index (κ3) is 9.75. The summed E-state index contributed by atoms with van der Waals surface area (Å²) in [6.45, 7) is 15.5. The van der Waals surface area contributed by atoms with Crippen molar-refractivity contribution in [3.05, 3.63) is 36.5 Å². The van der Waals surface area contributed by atoms with Gasteiger partial charge in [0.15, 0.2) is 11.6 Å². The van der Waals surface area contributed by atoms with Crippen LogP contribution in [0, 0.1) is 34.5 Å². The van der Waals surface area contributed by atoms with Crippen molar-refractivity contribution < 1.29 is 38.5 Å². The van der Waals surface area contributed by atoms with Gasteiger partial charge in [0.25, 0.3) is 0 Å². The number of amides is 1. The number of fused-ring (bicyclic) bond motifs is 2. The molecule has 14 nitrogen and oxygen atoms in total. The molecule has 3 aromatic rings. The summed E-state index contributed by atoms with van der Waals surface area (Å²) in [6.07, 6.45) is 8.76. The summed E-state index contributed by atoms with van der Waals surface area (Å²) < 4.78 is 20.7. The number of esters is 1. The predicted molar refractivity (Wildman–Crippen MR) is 234 cm³/mol. The maximum Gasteiger partial charge on any atom is 0.310 e. The molecule has 3 aliphatic carbocycles. The molecule has 0 bridgehead atoms. The summed E-state index contributed by atoms with van der Waals surface area (Å²) in [5, 5.41) is 19.1. The lowest BCUT2D eigenvalue weighted by molar-refractivity contribution is -0.157. The number of Topliss-reactive ketones (excluding diaryl/α,β-unsaturated/α-hetero) is 1. The average molecular weight is 855 g/mol. The lowest BCUT2D eigenvalue weighted by atomic mass is 9.77. The maximum absolute atomic E-state index is 14.9. The zero-order valence-electron chi connectivity index (χ0n) is 37.4. The van der Waals surface area contributed by atoms with Crippen LogP contribution in [0.3, 0.4) is 0 Å². The van der Waals surface area contributed by atoms with Gasteiger partial charge >= 0.3 is 11.9 Å². The molecule has 1 aromatic carbocycles. The number of carboxylic acids is 1. The van der Waals surface area contributed by atoms with Crippen LogP contribution in [0.5, 0.6) is 11.5 Å². The minimum absolute atomic E-state index is 0.0845. The molecule has 0 radical (unpaired) electrons. The fourth-order valence-electron chi connectivity index (χ4n) is 10.4. The van der Waals surface area contributed by atoms with Crippen molar-refractivity contribution in [1.29, 1.82) is 0 Å². The van der Waals surface area contributed by atoms with Crippen molar-refractivity contribution in [1.82, 2.24) is 24.6 Å². The second-order valence-electron chi connectivity index (χ2n) is 20.2. The minimum Gasteiger partial charge on any atom is -0.492 e. The van der Waals surface area contributed by atoms with E-state index in [2.05, 4.69) is 10.2 Å². The third-order valence-corrected chi connectivity index (χ3v) is 14.2. The zero-order valence-corrected chi connectivity index (χ0v) is 37.4. The number of aromatic nitrogens is 3. The Labute approximate surface area is 365 Å². The van der Waals surface area contributed by atoms with Gasteiger partial charge in [0.1, 0.15) is 36.1 Å². The van der Waals surface area contributed by atoms with Gasteiger partial charge in [0.05, 0.1) is 35.9 Å². The Hall–Kier alpha value is -4.72. The molecule has 3 saturated carbocycles. The molecule has 8 rings (SSSR count). The molecule has 5 fully saturated rings. The first-order chi connectivity index (χ1) is 29.6. The van der Waals surface area contributed by atoms with Gasteiger partial charge < -0.3 is 29.5 Å². The van der Waals surface area contributed by atoms with Crippen LogP contribution < -0.4 is 14.8 Å². The van der Waals surface area contributed by atoms with E-state index in [0.717, 1.165) is 37.9 Å². The highest BCUT2D eigenvalue weighted by atomic mass is 16.5. The largest absolute Gasteiger partial charge is 0.492 e. The Bertz CT molecular complexity index is 2130. The van der Waals surface area contributed by atoms with Crippen LogP contribution in [-0.2, 0) is 23.9 Å². The van der Waals surface area contributed by atoms with Crippen molar-refractivity contribution in [2.24, 2.45) is 34.5 Å². The monoisotopic (exact) mass is 854 g/mol. The molecule has 2 unspecified atom stereocenters. The molecule has 5 aliphatic rings. The van der Waals surface area contributed by atoms with Gasteiger partial charge in [-0.3, -0.25) is 24.1 Å². The number of carbonyl (C=O) groups excluding carboxylic acids is 3. The number of pyridine rings is 1. The van der Waals surface area contributed by atoms with Gasteiger partial charge in [-0.15, -0.1) is 5.10 Å². The van der Waals surface area contributed by atoms with Crippen molar-refractivity contribution in [2.45, 2.75) is 136 Å². The smallest absolute Gasteiger partial charge is 0.310 e. The van der Waals surface area contributed by atoms with Gasteiger partial charge in [-0.05, 0) is 101 Å². The second-order valence-corrected chi connectivity index (χ2v) is 20.2. The fraction of sp³-hybridized carbons (Fsp3) is 0.667. The van der Waals surface area contributed by atoms with Crippen molar-refractivity contribution >= 4 is 40.3 Å². The SMILES string of the molecule is CC[C@@H]1C[C@]1(CC(=O)[C@@H]1C[C@@H](Oc2cc(-n3ccc(NC(C)C)n3)nc3cc(OCCN4CCCCC4)ccc23)CN1C(=O)C(CC(=O)OC1C[C@@H]2C[C@@H]2C1)C(C)(C)C)C(=O)O. The van der Waals surface area contributed by atoms with Crippen molar-refractivity contribution in [3.63, 3.8) is 0 Å². The van der Waals surface area contributed by atoms with Crippen LogP contribution in [0.2, 0.25) is 0 Å². The number of likely N-dealkylation sites (tertiary alicyclic amines) is 2. The first kappa shape index (κ1) is 43.9. The summed E-state index contributed by atoms with van der Waals surface area (Å²) in [4.78, 5) is 64.4. The molecule has 0 spiro atoms. The predicted octanol–water partition coefficient (Wildman–Crippen LogP) is 7.31. The van der Waals surface area contributed by atoms with E-state index in [1.807, 2.05) is 78.1 Å². The first-order valence-corrected chi connectivity index (χ1v) is 23.2. The van der Waals surface area contributed by atoms with Crippen LogP contribution >= 0.6 is 0 Å². The van der Waals surface area contributed by atoms with Crippen LogP contribution in [0.25, 0.3) is 16.7 Å². The lowest BCUT2D eigenvalue weighted by Gasteiger charge is -2.35. The van der Waals surface area contributed by atoms with E-state index < -0.39 is 40.8 Å². The van der Waals surface area contributed by atoms with Crippen molar-refractivity contribution in [3.8, 4) is 17.3 Å². The Kier molecular flexibility index (Phi) is 12.6. The summed E-state index contributed by atoms with van der Waals surface area (Å²) in [5.41, 5.74) is -1.14. The number of nitrogens with one attached hydrogen (secondary N) is 1. The summed E-state index contributed by atoms with van der Waals surface area (Å²) in [6, 6.07) is 8.70. The van der Waals surface area contributed by atoms with Crippen LogP contribution in [0.4, 0.5) is 5.82 Å². The van der Waals surface area contributed by atoms with Crippen LogP contribution in [0.1, 0.15) is 112 Å². The standard InChI is InChI=1S/C48H66N6O8/c1-7-32-26-48(32,46(58)59)27-40(55)39-23-35(28-53(39)45(57)37(47(4,5)6)24-44(56)62-34-20-30-19-31(30)21-34)61-41-25-43(54-16-13-42(51-54)49-29(2)3)50-38-22-33(11-12-36(38)41)60-18-17-52-14-9-8-10-15-52/h11-13,16,22,25,29-32,34-35,37,39H,7-10,14-15,17-21,23-24,26-28H2,1-6H3,(H,49,51)(H,58,59)/t30-,31+,32-,34?,35-,37?,39+,48-/m1/s1. The van der Waals surface area contributed by atoms with Crippen LogP contribution in [-0.4, -0.2) is 110 Å². The zero-order chi connectivity index (χ0) is 43.9. The fourth-order valence-corrected chi connectivity index (χ4v) is 10.4. The number of hydrogen-bond donors (Lipinski definition) is 2. The number of aliphatic carboxylic acids is 1. The molecule has 2 aromatic heterocycles. The molecule has 14 heteroatoms. The molecule has 62 heavy (non-hydrogen) atoms. The number of rotatable bonds is 18. The number of nitrogens with zero attached hydrogens (tertiary/aromatic N) is 5. The van der Waals surface area contributed by atoms with E-state index in [9.17, 15) is 24.3 Å². The van der Waals surface area contributed by atoms with Crippen molar-refractivity contribution in [2.75, 3.05) is 38.1 Å². The normalized spacial score (nSPS) is 27.5. The first-order valence-electron chi connectivity index (χ1n) is 23.2. The maximum atomic E-state index is 14.9. The molecule has 2 saturated heterocycles. The van der Waals surface area contributed by atoms with E-state index >= 15 is 0 Å². The number of ketones is 1. The molecular weight excluding hydrogens is 789 g/mol. The van der Waals surface area contributed by atoms with Gasteiger partial charge in [0, 0.05) is 55.2 Å².